The molecule has 0 bridgehead atoms. The minimum Gasteiger partial charge on any atom is -0.466 e. The van der Waals surface area contributed by atoms with Crippen molar-refractivity contribution < 1.29 is 9.53 Å². The molecule has 0 radical (unpaired) electrons. The van der Waals surface area contributed by atoms with Crippen molar-refractivity contribution in [2.24, 2.45) is 0 Å². The molecule has 3 N–H and O–H groups in total. The Kier molecular flexibility index (Phi) is 5.24. The van der Waals surface area contributed by atoms with E-state index in [1.807, 2.05) is 18.8 Å². The van der Waals surface area contributed by atoms with Crippen LogP contribution in [0.15, 0.2) is 4.79 Å². The van der Waals surface area contributed by atoms with Gasteiger partial charge in [-0.25, -0.2) is 4.98 Å². The fourth-order valence-corrected chi connectivity index (χ4v) is 3.41. The van der Waals surface area contributed by atoms with Crippen LogP contribution in [0.4, 0.5) is 5.82 Å². The topological polar surface area (TPSA) is 101 Å². The zero-order chi connectivity index (χ0) is 15.4. The molecule has 1 unspecified atom stereocenters. The maximum atomic E-state index is 12.1. The largest absolute Gasteiger partial charge is 0.466 e. The van der Waals surface area contributed by atoms with Crippen LogP contribution in [0.5, 0.6) is 0 Å². The number of nitrogens with zero attached hydrogens (tertiary/aromatic N) is 2. The van der Waals surface area contributed by atoms with E-state index in [2.05, 4.69) is 14.9 Å². The maximum Gasteiger partial charge on any atom is 0.310 e. The molecule has 0 aliphatic carbocycles. The lowest BCUT2D eigenvalue weighted by molar-refractivity contribution is -0.142. The standard InChI is InChI=1S/C13H20N4O3S/c1-3-20-10(18)6-8-11(14)15-12(16-13(8)19)9-7-21-5-4-17(9)2/h9H,3-7H2,1-2H3,(H3,14,15,16,19). The van der Waals surface area contributed by atoms with E-state index in [4.69, 9.17) is 10.5 Å². The third-order valence-electron chi connectivity index (χ3n) is 3.40. The number of aromatic amines is 1. The summed E-state index contributed by atoms with van der Waals surface area (Å²) in [5.74, 6) is 2.10. The van der Waals surface area contributed by atoms with Gasteiger partial charge in [0.1, 0.15) is 11.6 Å². The first-order valence-corrected chi connectivity index (χ1v) is 8.00. The Hall–Kier alpha value is -1.54. The van der Waals surface area contributed by atoms with Gasteiger partial charge in [-0.3, -0.25) is 14.5 Å². The van der Waals surface area contributed by atoms with Gasteiger partial charge in [-0.15, -0.1) is 0 Å². The highest BCUT2D eigenvalue weighted by molar-refractivity contribution is 7.99. The average molecular weight is 312 g/mol. The summed E-state index contributed by atoms with van der Waals surface area (Å²) >= 11 is 1.82. The molecular formula is C13H20N4O3S. The van der Waals surface area contributed by atoms with Gasteiger partial charge in [-0.2, -0.15) is 11.8 Å². The van der Waals surface area contributed by atoms with Crippen LogP contribution < -0.4 is 11.3 Å². The number of nitrogens with one attached hydrogen (secondary N) is 1. The van der Waals surface area contributed by atoms with Crippen LogP contribution in [0.25, 0.3) is 0 Å². The summed E-state index contributed by atoms with van der Waals surface area (Å²) in [6.07, 6.45) is -0.155. The number of hydrogen-bond acceptors (Lipinski definition) is 7. The first kappa shape index (κ1) is 15.8. The molecular weight excluding hydrogens is 292 g/mol. The molecule has 0 amide bonds. The third kappa shape index (κ3) is 3.76. The molecule has 1 fully saturated rings. The normalized spacial score (nSPS) is 19.4. The molecule has 1 atom stereocenters. The van der Waals surface area contributed by atoms with Gasteiger partial charge in [0.25, 0.3) is 5.56 Å². The van der Waals surface area contributed by atoms with E-state index in [-0.39, 0.29) is 36.0 Å². The number of nitrogen functional groups attached to an aromatic ring is 1. The zero-order valence-corrected chi connectivity index (χ0v) is 13.0. The number of carbonyl (C=O) groups is 1. The number of H-pyrrole nitrogens is 1. The zero-order valence-electron chi connectivity index (χ0n) is 12.2. The number of aromatic nitrogens is 2. The van der Waals surface area contributed by atoms with Gasteiger partial charge in [0.05, 0.1) is 24.6 Å². The van der Waals surface area contributed by atoms with Crippen molar-refractivity contribution in [1.29, 1.82) is 0 Å². The van der Waals surface area contributed by atoms with Crippen molar-refractivity contribution in [3.05, 3.63) is 21.7 Å². The Morgan fingerprint density at radius 2 is 2.38 bits per heavy atom. The number of hydrogen-bond donors (Lipinski definition) is 2. The summed E-state index contributed by atoms with van der Waals surface area (Å²) in [7, 11) is 1.99. The molecule has 8 heteroatoms. The molecule has 2 rings (SSSR count). The summed E-state index contributed by atoms with van der Waals surface area (Å²) in [4.78, 5) is 32.8. The van der Waals surface area contributed by atoms with Gasteiger partial charge >= 0.3 is 5.97 Å². The smallest absolute Gasteiger partial charge is 0.310 e. The molecule has 116 valence electrons. The molecule has 1 aliphatic rings. The van der Waals surface area contributed by atoms with Crippen LogP contribution >= 0.6 is 11.8 Å². The van der Waals surface area contributed by atoms with E-state index in [0.717, 1.165) is 18.1 Å². The Morgan fingerprint density at radius 3 is 3.00 bits per heavy atom. The van der Waals surface area contributed by atoms with Crippen molar-refractivity contribution >= 4 is 23.5 Å². The average Bonchev–Trinajstić information content (AvgIpc) is 2.43. The van der Waals surface area contributed by atoms with Gasteiger partial charge in [0, 0.05) is 18.1 Å². The van der Waals surface area contributed by atoms with Gasteiger partial charge in [-0.05, 0) is 14.0 Å². The molecule has 21 heavy (non-hydrogen) atoms. The van der Waals surface area contributed by atoms with E-state index in [1.165, 1.54) is 0 Å². The van der Waals surface area contributed by atoms with Gasteiger partial charge in [0.15, 0.2) is 0 Å². The SMILES string of the molecule is CCOC(=O)Cc1c(N)nc(C2CSCCN2C)[nH]c1=O. The molecule has 0 spiro atoms. The second-order valence-electron chi connectivity index (χ2n) is 4.87. The second-order valence-corrected chi connectivity index (χ2v) is 6.02. The van der Waals surface area contributed by atoms with Crippen molar-refractivity contribution in [3.8, 4) is 0 Å². The van der Waals surface area contributed by atoms with Crippen LogP contribution in [-0.4, -0.2) is 52.5 Å². The van der Waals surface area contributed by atoms with Gasteiger partial charge in [0.2, 0.25) is 0 Å². The lowest BCUT2D eigenvalue weighted by Gasteiger charge is -2.31. The monoisotopic (exact) mass is 312 g/mol. The summed E-state index contributed by atoms with van der Waals surface area (Å²) in [6, 6.07) is 0.0374. The first-order chi connectivity index (χ1) is 10.0. The number of nitrogens with two attached hydrogens (primary N) is 1. The number of anilines is 1. The third-order valence-corrected chi connectivity index (χ3v) is 4.43. The molecule has 1 saturated heterocycles. The minimum atomic E-state index is -0.477. The van der Waals surface area contributed by atoms with Gasteiger partial charge in [-0.1, -0.05) is 0 Å². The lowest BCUT2D eigenvalue weighted by atomic mass is 10.2. The summed E-state index contributed by atoms with van der Waals surface area (Å²) in [5, 5.41) is 0. The predicted octanol–water partition coefficient (Wildman–Crippen LogP) is 0.177. The van der Waals surface area contributed by atoms with Crippen LogP contribution in [0.1, 0.15) is 24.4 Å². The van der Waals surface area contributed by atoms with Crippen LogP contribution in [0, 0.1) is 0 Å². The first-order valence-electron chi connectivity index (χ1n) is 6.85. The quantitative estimate of drug-likeness (QED) is 0.765. The predicted molar refractivity (Wildman–Crippen MR) is 82.3 cm³/mol. The van der Waals surface area contributed by atoms with Crippen molar-refractivity contribution in [2.45, 2.75) is 19.4 Å². The lowest BCUT2D eigenvalue weighted by Crippen LogP contribution is -2.35. The summed E-state index contributed by atoms with van der Waals surface area (Å²) < 4.78 is 4.83. The molecule has 7 nitrogen and oxygen atoms in total. The van der Waals surface area contributed by atoms with Crippen molar-refractivity contribution in [1.82, 2.24) is 14.9 Å². The Morgan fingerprint density at radius 1 is 1.62 bits per heavy atom. The van der Waals surface area contributed by atoms with E-state index < -0.39 is 5.97 Å². The van der Waals surface area contributed by atoms with Crippen LogP contribution in [0.3, 0.4) is 0 Å². The molecule has 0 saturated carbocycles. The number of thioether (sulfide) groups is 1. The minimum absolute atomic E-state index is 0.0374. The van der Waals surface area contributed by atoms with Crippen LogP contribution in [-0.2, 0) is 16.0 Å². The second kappa shape index (κ2) is 6.95. The molecule has 2 heterocycles. The fourth-order valence-electron chi connectivity index (χ4n) is 2.19. The Bertz CT molecular complexity index is 575. The van der Waals surface area contributed by atoms with E-state index >= 15 is 0 Å². The summed E-state index contributed by atoms with van der Waals surface area (Å²) in [6.45, 7) is 2.92. The number of carbonyl (C=O) groups excluding carboxylic acids is 1. The molecule has 0 aromatic carbocycles. The Labute approximate surface area is 127 Å². The highest BCUT2D eigenvalue weighted by Gasteiger charge is 2.25. The highest BCUT2D eigenvalue weighted by Crippen LogP contribution is 2.25. The Balaban J connectivity index is 2.24. The summed E-state index contributed by atoms with van der Waals surface area (Å²) in [5.41, 5.74) is 5.66. The molecule has 1 aromatic rings. The number of ether oxygens (including phenoxy) is 1. The highest BCUT2D eigenvalue weighted by atomic mass is 32.2. The van der Waals surface area contributed by atoms with E-state index in [0.29, 0.717) is 5.82 Å². The van der Waals surface area contributed by atoms with Gasteiger partial charge < -0.3 is 15.5 Å². The maximum absolute atomic E-state index is 12.1. The van der Waals surface area contributed by atoms with Crippen molar-refractivity contribution in [2.75, 3.05) is 37.4 Å². The van der Waals surface area contributed by atoms with E-state index in [1.54, 1.807) is 6.92 Å². The van der Waals surface area contributed by atoms with E-state index in [9.17, 15) is 9.59 Å². The molecule has 1 aliphatic heterocycles. The molecule has 1 aromatic heterocycles. The van der Waals surface area contributed by atoms with Crippen LogP contribution in [0.2, 0.25) is 0 Å². The number of rotatable bonds is 4. The fraction of sp³-hybridized carbons (Fsp3) is 0.615. The van der Waals surface area contributed by atoms with Crippen molar-refractivity contribution in [3.63, 3.8) is 0 Å². The number of esters is 1.